The fourth-order valence-electron chi connectivity index (χ4n) is 4.37. The first-order valence-electron chi connectivity index (χ1n) is 14.3. The predicted molar refractivity (Wildman–Crippen MR) is 142 cm³/mol. The third-order valence-corrected chi connectivity index (χ3v) is 5.97. The lowest BCUT2D eigenvalue weighted by molar-refractivity contribution is -0.433. The standard InChI is InChI=1S/C29H46F5NO5/c1-8-9-10-11-12-13-15-21(29(38-18(2)3,39-19(4)5)40-20(6)7)16-14-17-35-28(36)37-27-25(33)23(31)22(30)24(32)26(27)34/h18-21H,8-17H2,1-7H3,(H,35,36). The summed E-state index contributed by atoms with van der Waals surface area (Å²) < 4.78 is 91.1. The van der Waals surface area contributed by atoms with E-state index in [-0.39, 0.29) is 30.8 Å². The molecule has 6 nitrogen and oxygen atoms in total. The summed E-state index contributed by atoms with van der Waals surface area (Å²) in [5.41, 5.74) is 0. The first-order chi connectivity index (χ1) is 18.8. The van der Waals surface area contributed by atoms with Gasteiger partial charge in [-0.1, -0.05) is 45.4 Å². The maximum Gasteiger partial charge on any atom is 0.412 e. The number of hydrogen-bond acceptors (Lipinski definition) is 5. The van der Waals surface area contributed by atoms with E-state index in [0.29, 0.717) is 12.8 Å². The number of carbonyl (C=O) groups is 1. The van der Waals surface area contributed by atoms with Crippen molar-refractivity contribution in [2.45, 2.75) is 131 Å². The molecule has 0 saturated carbocycles. The number of carbonyl (C=O) groups excluding carboxylic acids is 1. The van der Waals surface area contributed by atoms with E-state index in [9.17, 15) is 26.7 Å². The smallest absolute Gasteiger partial charge is 0.404 e. The van der Waals surface area contributed by atoms with Crippen molar-refractivity contribution >= 4 is 6.09 Å². The van der Waals surface area contributed by atoms with Gasteiger partial charge in [-0.3, -0.25) is 0 Å². The van der Waals surface area contributed by atoms with Crippen LogP contribution in [0.1, 0.15) is 106 Å². The highest BCUT2D eigenvalue weighted by atomic mass is 19.2. The number of rotatable bonds is 19. The maximum absolute atomic E-state index is 13.8. The zero-order chi connectivity index (χ0) is 30.5. The van der Waals surface area contributed by atoms with Gasteiger partial charge in [-0.25, -0.2) is 18.0 Å². The number of ether oxygens (including phenoxy) is 4. The number of hydrogen-bond donors (Lipinski definition) is 1. The Morgan fingerprint density at radius 1 is 0.675 bits per heavy atom. The van der Waals surface area contributed by atoms with Crippen molar-refractivity contribution in [1.82, 2.24) is 5.32 Å². The molecule has 1 atom stereocenters. The van der Waals surface area contributed by atoms with Crippen molar-refractivity contribution in [2.75, 3.05) is 6.54 Å². The molecule has 0 aliphatic carbocycles. The molecule has 40 heavy (non-hydrogen) atoms. The highest BCUT2D eigenvalue weighted by Gasteiger charge is 2.44. The average Bonchev–Trinajstić information content (AvgIpc) is 2.86. The van der Waals surface area contributed by atoms with Crippen molar-refractivity contribution in [2.24, 2.45) is 5.92 Å². The van der Waals surface area contributed by atoms with E-state index in [4.69, 9.17) is 14.2 Å². The Bertz CT molecular complexity index is 858. The molecule has 0 fully saturated rings. The van der Waals surface area contributed by atoms with Crippen LogP contribution in [-0.4, -0.2) is 36.9 Å². The highest BCUT2D eigenvalue weighted by molar-refractivity contribution is 5.70. The van der Waals surface area contributed by atoms with Crippen LogP contribution in [0.5, 0.6) is 5.75 Å². The van der Waals surface area contributed by atoms with Gasteiger partial charge in [0.2, 0.25) is 34.8 Å². The third kappa shape index (κ3) is 11.5. The van der Waals surface area contributed by atoms with Gasteiger partial charge in [-0.2, -0.15) is 8.78 Å². The van der Waals surface area contributed by atoms with Crippen molar-refractivity contribution in [1.29, 1.82) is 0 Å². The second kappa shape index (κ2) is 17.7. The Labute approximate surface area is 235 Å². The van der Waals surface area contributed by atoms with Crippen LogP contribution in [0.3, 0.4) is 0 Å². The quantitative estimate of drug-likeness (QED) is 0.0581. The van der Waals surface area contributed by atoms with Crippen LogP contribution < -0.4 is 10.1 Å². The minimum atomic E-state index is -2.33. The summed E-state index contributed by atoms with van der Waals surface area (Å²) in [4.78, 5) is 12.1. The Morgan fingerprint density at radius 2 is 1.10 bits per heavy atom. The minimum absolute atomic E-state index is 0.00233. The molecule has 1 unspecified atom stereocenters. The molecule has 11 heteroatoms. The normalized spacial score (nSPS) is 13.0. The molecule has 0 aliphatic rings. The van der Waals surface area contributed by atoms with Crippen molar-refractivity contribution in [3.8, 4) is 5.75 Å². The Balaban J connectivity index is 2.97. The average molecular weight is 584 g/mol. The summed E-state index contributed by atoms with van der Waals surface area (Å²) >= 11 is 0. The van der Waals surface area contributed by atoms with Gasteiger partial charge in [-0.05, 0) is 60.8 Å². The van der Waals surface area contributed by atoms with Gasteiger partial charge in [0.05, 0.1) is 18.3 Å². The largest absolute Gasteiger partial charge is 0.412 e. The van der Waals surface area contributed by atoms with Crippen LogP contribution in [-0.2, 0) is 14.2 Å². The molecule has 1 aromatic rings. The molecule has 0 aromatic heterocycles. The molecular formula is C29H46F5NO5. The van der Waals surface area contributed by atoms with Crippen molar-refractivity contribution in [3.63, 3.8) is 0 Å². The number of amides is 1. The summed E-state index contributed by atoms with van der Waals surface area (Å²) in [7, 11) is 0. The zero-order valence-corrected chi connectivity index (χ0v) is 24.8. The monoisotopic (exact) mass is 583 g/mol. The molecule has 0 heterocycles. The van der Waals surface area contributed by atoms with E-state index >= 15 is 0 Å². The first-order valence-corrected chi connectivity index (χ1v) is 14.3. The van der Waals surface area contributed by atoms with E-state index in [1.165, 1.54) is 6.42 Å². The van der Waals surface area contributed by atoms with Gasteiger partial charge < -0.3 is 24.3 Å². The molecule has 1 rings (SSSR count). The van der Waals surface area contributed by atoms with Gasteiger partial charge in [0, 0.05) is 12.5 Å². The number of unbranched alkanes of at least 4 members (excludes halogenated alkanes) is 5. The molecule has 1 N–H and O–H groups in total. The second-order valence-electron chi connectivity index (χ2n) is 10.7. The van der Waals surface area contributed by atoms with Crippen molar-refractivity contribution < 1.29 is 45.7 Å². The predicted octanol–water partition coefficient (Wildman–Crippen LogP) is 8.55. The lowest BCUT2D eigenvalue weighted by Crippen LogP contribution is -2.51. The van der Waals surface area contributed by atoms with Crippen molar-refractivity contribution in [3.05, 3.63) is 29.1 Å². The third-order valence-electron chi connectivity index (χ3n) is 5.97. The van der Waals surface area contributed by atoms with E-state index < -0.39 is 46.9 Å². The van der Waals surface area contributed by atoms with Crippen LogP contribution in [0.4, 0.5) is 26.7 Å². The first kappa shape index (κ1) is 36.0. The van der Waals surface area contributed by atoms with Crippen LogP contribution >= 0.6 is 0 Å². The maximum atomic E-state index is 13.8. The Morgan fingerprint density at radius 3 is 1.57 bits per heavy atom. The molecule has 232 valence electrons. The topological polar surface area (TPSA) is 66.0 Å². The van der Waals surface area contributed by atoms with Crippen LogP contribution in [0, 0.1) is 35.0 Å². The molecule has 1 aromatic carbocycles. The van der Waals surface area contributed by atoms with Gasteiger partial charge in [0.25, 0.3) is 5.97 Å². The summed E-state index contributed by atoms with van der Waals surface area (Å²) in [6.45, 7) is 13.5. The Hall–Kier alpha value is -1.98. The molecule has 0 aliphatic heterocycles. The number of benzene rings is 1. The zero-order valence-electron chi connectivity index (χ0n) is 24.8. The Kier molecular flexibility index (Phi) is 16.0. The van der Waals surface area contributed by atoms with Gasteiger partial charge >= 0.3 is 6.09 Å². The van der Waals surface area contributed by atoms with Crippen LogP contribution in [0.15, 0.2) is 0 Å². The summed E-state index contributed by atoms with van der Waals surface area (Å²) in [5.74, 6) is -14.4. The second-order valence-corrected chi connectivity index (χ2v) is 10.7. The van der Waals surface area contributed by atoms with E-state index in [1.54, 1.807) is 0 Å². The van der Waals surface area contributed by atoms with Gasteiger partial charge in [0.15, 0.2) is 0 Å². The minimum Gasteiger partial charge on any atom is -0.404 e. The molecule has 0 radical (unpaired) electrons. The SMILES string of the molecule is CCCCCCCCC(CCCNC(=O)Oc1c(F)c(F)c(F)c(F)c1F)C(OC(C)C)(OC(C)C)OC(C)C. The highest BCUT2D eigenvalue weighted by Crippen LogP contribution is 2.37. The summed E-state index contributed by atoms with van der Waals surface area (Å²) in [6.07, 6.45) is 6.17. The fraction of sp³-hybridized carbons (Fsp3) is 0.759. The fourth-order valence-corrected chi connectivity index (χ4v) is 4.37. The molecule has 1 amide bonds. The molecule has 0 spiro atoms. The summed E-state index contributed by atoms with van der Waals surface area (Å²) in [5, 5.41) is 2.30. The molecule has 0 bridgehead atoms. The lowest BCUT2D eigenvalue weighted by atomic mass is 9.92. The van der Waals surface area contributed by atoms with Gasteiger partial charge in [0.1, 0.15) is 0 Å². The lowest BCUT2D eigenvalue weighted by Gasteiger charge is -2.43. The van der Waals surface area contributed by atoms with E-state index in [2.05, 4.69) is 17.0 Å². The van der Waals surface area contributed by atoms with E-state index in [0.717, 1.165) is 38.5 Å². The van der Waals surface area contributed by atoms with Crippen LogP contribution in [0.2, 0.25) is 0 Å². The molecule has 0 saturated heterocycles. The van der Waals surface area contributed by atoms with Gasteiger partial charge in [-0.15, -0.1) is 0 Å². The van der Waals surface area contributed by atoms with E-state index in [1.807, 2.05) is 41.5 Å². The van der Waals surface area contributed by atoms with Crippen LogP contribution in [0.25, 0.3) is 0 Å². The summed E-state index contributed by atoms with van der Waals surface area (Å²) in [6, 6.07) is 0. The molecular weight excluding hydrogens is 537 g/mol. The number of nitrogens with one attached hydrogen (secondary N) is 1. The number of halogens is 5.